The van der Waals surface area contributed by atoms with E-state index >= 15 is 0 Å². The Balaban J connectivity index is 1.59. The first-order valence-corrected chi connectivity index (χ1v) is 7.88. The summed E-state index contributed by atoms with van der Waals surface area (Å²) < 4.78 is 5.45. The van der Waals surface area contributed by atoms with Gasteiger partial charge >= 0.3 is 0 Å². The number of hydrogen-bond donors (Lipinski definition) is 0. The number of piperidine rings is 1. The number of aromatic nitrogens is 3. The van der Waals surface area contributed by atoms with Gasteiger partial charge in [0.1, 0.15) is 11.7 Å². The Hall–Kier alpha value is -2.24. The Labute approximate surface area is 128 Å². The largest absolute Gasteiger partial charge is 0.337 e. The highest BCUT2D eigenvalue weighted by atomic mass is 16.5. The summed E-state index contributed by atoms with van der Waals surface area (Å²) in [7, 11) is 0. The molecule has 6 heteroatoms. The molecule has 1 saturated heterocycles. The second kappa shape index (κ2) is 5.51. The minimum Gasteiger partial charge on any atom is -0.337 e. The number of nitrogens with zero attached hydrogens (tertiary/aromatic N) is 4. The van der Waals surface area contributed by atoms with Gasteiger partial charge in [-0.05, 0) is 44.2 Å². The first kappa shape index (κ1) is 13.4. The van der Waals surface area contributed by atoms with Crippen LogP contribution in [0.1, 0.15) is 66.3 Å². The van der Waals surface area contributed by atoms with Gasteiger partial charge in [0.05, 0.1) is 0 Å². The van der Waals surface area contributed by atoms with E-state index in [2.05, 4.69) is 15.1 Å². The van der Waals surface area contributed by atoms with Crippen molar-refractivity contribution in [2.45, 2.75) is 44.1 Å². The number of hydrogen-bond acceptors (Lipinski definition) is 5. The highest BCUT2D eigenvalue weighted by molar-refractivity contribution is 5.92. The van der Waals surface area contributed by atoms with Gasteiger partial charge in [0.2, 0.25) is 5.89 Å². The first-order chi connectivity index (χ1) is 10.8. The lowest BCUT2D eigenvalue weighted by Gasteiger charge is -2.33. The molecule has 0 spiro atoms. The molecule has 114 valence electrons. The van der Waals surface area contributed by atoms with Crippen LogP contribution in [-0.4, -0.2) is 32.5 Å². The van der Waals surface area contributed by atoms with Crippen LogP contribution in [0.5, 0.6) is 0 Å². The van der Waals surface area contributed by atoms with Gasteiger partial charge in [-0.25, -0.2) is 0 Å². The Kier molecular flexibility index (Phi) is 3.36. The first-order valence-electron chi connectivity index (χ1n) is 7.88. The fourth-order valence-electron chi connectivity index (χ4n) is 2.96. The fraction of sp³-hybridized carbons (Fsp3) is 0.500. The summed E-state index contributed by atoms with van der Waals surface area (Å²) in [4.78, 5) is 23.2. The van der Waals surface area contributed by atoms with E-state index in [1.54, 1.807) is 12.3 Å². The van der Waals surface area contributed by atoms with Gasteiger partial charge in [0, 0.05) is 18.7 Å². The molecular weight excluding hydrogens is 280 g/mol. The Morgan fingerprint density at radius 2 is 2.14 bits per heavy atom. The van der Waals surface area contributed by atoms with Crippen molar-refractivity contribution >= 4 is 5.91 Å². The van der Waals surface area contributed by atoms with Crippen molar-refractivity contribution in [2.75, 3.05) is 6.54 Å². The van der Waals surface area contributed by atoms with Crippen LogP contribution in [0.2, 0.25) is 0 Å². The monoisotopic (exact) mass is 298 g/mol. The molecule has 0 radical (unpaired) electrons. The molecule has 1 atom stereocenters. The molecule has 1 aliphatic heterocycles. The van der Waals surface area contributed by atoms with Crippen molar-refractivity contribution < 1.29 is 9.32 Å². The molecule has 2 aliphatic rings. The third-order valence-corrected chi connectivity index (χ3v) is 4.33. The van der Waals surface area contributed by atoms with E-state index in [1.165, 1.54) is 0 Å². The summed E-state index contributed by atoms with van der Waals surface area (Å²) in [6.45, 7) is 0.710. The molecule has 4 rings (SSSR count). The predicted octanol–water partition coefficient (Wildman–Crippen LogP) is 2.71. The van der Waals surface area contributed by atoms with E-state index in [0.717, 1.165) is 37.9 Å². The number of amides is 1. The van der Waals surface area contributed by atoms with Gasteiger partial charge < -0.3 is 9.42 Å². The van der Waals surface area contributed by atoms with E-state index in [9.17, 15) is 4.79 Å². The number of carbonyl (C=O) groups is 1. The van der Waals surface area contributed by atoms with Gasteiger partial charge in [-0.2, -0.15) is 4.98 Å². The molecule has 3 heterocycles. The fourth-order valence-corrected chi connectivity index (χ4v) is 2.96. The van der Waals surface area contributed by atoms with Crippen LogP contribution in [0.15, 0.2) is 28.9 Å². The van der Waals surface area contributed by atoms with Crippen molar-refractivity contribution in [1.29, 1.82) is 0 Å². The van der Waals surface area contributed by atoms with E-state index in [-0.39, 0.29) is 11.9 Å². The third kappa shape index (κ3) is 2.49. The van der Waals surface area contributed by atoms with E-state index < -0.39 is 0 Å². The third-order valence-electron chi connectivity index (χ3n) is 4.33. The molecule has 6 nitrogen and oxygen atoms in total. The van der Waals surface area contributed by atoms with Crippen LogP contribution in [0, 0.1) is 0 Å². The Bertz CT molecular complexity index is 666. The molecule has 0 aromatic carbocycles. The molecule has 22 heavy (non-hydrogen) atoms. The molecule has 2 aromatic rings. The van der Waals surface area contributed by atoms with Crippen molar-refractivity contribution in [3.05, 3.63) is 41.8 Å². The maximum absolute atomic E-state index is 12.7. The number of likely N-dealkylation sites (tertiary alicyclic amines) is 1. The summed E-state index contributed by atoms with van der Waals surface area (Å²) in [5, 5.41) is 4.08. The van der Waals surface area contributed by atoms with Gasteiger partial charge in [-0.3, -0.25) is 9.78 Å². The smallest absolute Gasteiger partial charge is 0.273 e. The van der Waals surface area contributed by atoms with Crippen molar-refractivity contribution in [3.8, 4) is 0 Å². The zero-order chi connectivity index (χ0) is 14.9. The van der Waals surface area contributed by atoms with Crippen molar-refractivity contribution in [1.82, 2.24) is 20.0 Å². The number of pyridine rings is 1. The average Bonchev–Trinajstić information content (AvgIpc) is 3.32. The minimum absolute atomic E-state index is 0.0588. The van der Waals surface area contributed by atoms with Crippen LogP contribution < -0.4 is 0 Å². The normalized spacial score (nSPS) is 21.8. The molecule has 0 N–H and O–H groups in total. The molecule has 0 bridgehead atoms. The molecule has 2 fully saturated rings. The Morgan fingerprint density at radius 3 is 2.91 bits per heavy atom. The maximum Gasteiger partial charge on any atom is 0.273 e. The van der Waals surface area contributed by atoms with Crippen LogP contribution in [0.3, 0.4) is 0 Å². The second-order valence-electron chi connectivity index (χ2n) is 5.99. The van der Waals surface area contributed by atoms with Gasteiger partial charge in [0.25, 0.3) is 5.91 Å². The molecule has 1 amide bonds. The summed E-state index contributed by atoms with van der Waals surface area (Å²) in [6, 6.07) is 5.27. The molecular formula is C16H18N4O2. The summed E-state index contributed by atoms with van der Waals surface area (Å²) in [5.74, 6) is 1.77. The average molecular weight is 298 g/mol. The molecule has 2 aromatic heterocycles. The summed E-state index contributed by atoms with van der Waals surface area (Å²) in [5.41, 5.74) is 0.469. The lowest BCUT2D eigenvalue weighted by atomic mass is 10.0. The van der Waals surface area contributed by atoms with Gasteiger partial charge in [-0.15, -0.1) is 0 Å². The predicted molar refractivity (Wildman–Crippen MR) is 78.1 cm³/mol. The van der Waals surface area contributed by atoms with E-state index in [0.29, 0.717) is 24.0 Å². The lowest BCUT2D eigenvalue weighted by molar-refractivity contribution is 0.0555. The molecule has 1 saturated carbocycles. The maximum atomic E-state index is 12.7. The molecule has 1 aliphatic carbocycles. The number of carbonyl (C=O) groups excluding carboxylic acids is 1. The van der Waals surface area contributed by atoms with Crippen molar-refractivity contribution in [2.24, 2.45) is 0 Å². The number of rotatable bonds is 3. The zero-order valence-corrected chi connectivity index (χ0v) is 12.3. The highest BCUT2D eigenvalue weighted by Crippen LogP contribution is 2.39. The quantitative estimate of drug-likeness (QED) is 0.871. The van der Waals surface area contributed by atoms with Gasteiger partial charge in [0.15, 0.2) is 5.82 Å². The van der Waals surface area contributed by atoms with Crippen LogP contribution in [0.4, 0.5) is 0 Å². The second-order valence-corrected chi connectivity index (χ2v) is 5.99. The highest BCUT2D eigenvalue weighted by Gasteiger charge is 2.35. The SMILES string of the molecule is O=C(c1ccccn1)N1CCCC[C@H]1c1nc(C2CC2)no1. The van der Waals surface area contributed by atoms with Gasteiger partial charge in [-0.1, -0.05) is 11.2 Å². The summed E-state index contributed by atoms with van der Waals surface area (Å²) in [6.07, 6.45) is 6.85. The van der Waals surface area contributed by atoms with Crippen LogP contribution in [-0.2, 0) is 0 Å². The topological polar surface area (TPSA) is 72.1 Å². The minimum atomic E-state index is -0.122. The molecule has 0 unspecified atom stereocenters. The standard InChI is InChI=1S/C16H18N4O2/c21-16(12-5-1-3-9-17-12)20-10-4-2-6-13(20)15-18-14(19-22-15)11-7-8-11/h1,3,5,9,11,13H,2,4,6-8,10H2/t13-/m0/s1. The lowest BCUT2D eigenvalue weighted by Crippen LogP contribution is -2.39. The van der Waals surface area contributed by atoms with E-state index in [1.807, 2.05) is 17.0 Å². The Morgan fingerprint density at radius 1 is 1.23 bits per heavy atom. The zero-order valence-electron chi connectivity index (χ0n) is 12.3. The van der Waals surface area contributed by atoms with Crippen LogP contribution in [0.25, 0.3) is 0 Å². The van der Waals surface area contributed by atoms with Crippen LogP contribution >= 0.6 is 0 Å². The van der Waals surface area contributed by atoms with Crippen molar-refractivity contribution in [3.63, 3.8) is 0 Å². The van der Waals surface area contributed by atoms with E-state index in [4.69, 9.17) is 4.52 Å². The summed E-state index contributed by atoms with van der Waals surface area (Å²) >= 11 is 0.